The summed E-state index contributed by atoms with van der Waals surface area (Å²) < 4.78 is 24.2. The molecule has 3 nitrogen and oxygen atoms in total. The molecule has 1 heterocycles. The van der Waals surface area contributed by atoms with Crippen molar-refractivity contribution >= 4 is 27.0 Å². The van der Waals surface area contributed by atoms with Crippen LogP contribution in [-0.2, 0) is 9.84 Å². The minimum atomic E-state index is -3.51. The lowest BCUT2D eigenvalue weighted by Gasteiger charge is -2.04. The van der Waals surface area contributed by atoms with E-state index in [9.17, 15) is 13.2 Å². The second-order valence-corrected chi connectivity index (χ2v) is 7.09. The highest BCUT2D eigenvalue weighted by Gasteiger charge is 2.21. The Hall–Kier alpha value is -1.46. The fraction of sp³-hybridized carbons (Fsp3) is 0.154. The van der Waals surface area contributed by atoms with Crippen LogP contribution in [0.15, 0.2) is 46.0 Å². The molecule has 0 saturated heterocycles. The Morgan fingerprint density at radius 3 is 2.50 bits per heavy atom. The summed E-state index contributed by atoms with van der Waals surface area (Å²) >= 11 is 1.13. The molecule has 0 unspecified atom stereocenters. The molecule has 0 aliphatic heterocycles. The van der Waals surface area contributed by atoms with Crippen LogP contribution in [0.2, 0.25) is 0 Å². The molecule has 2 aromatic rings. The van der Waals surface area contributed by atoms with Crippen molar-refractivity contribution < 1.29 is 13.2 Å². The Balaban J connectivity index is 2.26. The van der Waals surface area contributed by atoms with Crippen LogP contribution < -0.4 is 0 Å². The fourth-order valence-electron chi connectivity index (χ4n) is 1.65. The predicted molar refractivity (Wildman–Crippen MR) is 71.9 cm³/mol. The van der Waals surface area contributed by atoms with Crippen molar-refractivity contribution in [1.82, 2.24) is 0 Å². The number of carbonyl (C=O) groups is 1. The second-order valence-electron chi connectivity index (χ2n) is 3.93. The van der Waals surface area contributed by atoms with E-state index in [1.807, 2.05) is 6.07 Å². The van der Waals surface area contributed by atoms with Gasteiger partial charge in [0.15, 0.2) is 15.6 Å². The van der Waals surface area contributed by atoms with Crippen LogP contribution in [0.5, 0.6) is 0 Å². The van der Waals surface area contributed by atoms with Gasteiger partial charge in [0.1, 0.15) is 9.96 Å². The van der Waals surface area contributed by atoms with Crippen LogP contribution in [0.1, 0.15) is 15.9 Å². The van der Waals surface area contributed by atoms with Gasteiger partial charge in [-0.15, -0.1) is 11.3 Å². The van der Waals surface area contributed by atoms with Crippen LogP contribution in [0.25, 0.3) is 0 Å². The maximum atomic E-state index is 12.0. The number of ketones is 1. The Kier molecular flexibility index (Phi) is 3.63. The molecule has 0 fully saturated rings. The van der Waals surface area contributed by atoms with Crippen molar-refractivity contribution in [3.05, 3.63) is 52.9 Å². The van der Waals surface area contributed by atoms with Gasteiger partial charge in [0.25, 0.3) is 0 Å². The minimum absolute atomic E-state index is 0.240. The number of benzene rings is 1. The molecule has 0 N–H and O–H groups in total. The van der Waals surface area contributed by atoms with Crippen molar-refractivity contribution in [2.75, 3.05) is 5.75 Å². The van der Waals surface area contributed by atoms with E-state index in [1.165, 1.54) is 6.07 Å². The number of Topliss-reactive ketones (excluding diaryl/α,β-unsaturated/α-hetero) is 1. The van der Waals surface area contributed by atoms with Gasteiger partial charge in [-0.05, 0) is 23.9 Å². The van der Waals surface area contributed by atoms with Crippen molar-refractivity contribution in [3.63, 3.8) is 0 Å². The quantitative estimate of drug-likeness (QED) is 0.809. The van der Waals surface area contributed by atoms with Crippen LogP contribution >= 0.6 is 11.3 Å². The molecular weight excluding hydrogens is 268 g/mol. The molecule has 0 aliphatic rings. The zero-order valence-corrected chi connectivity index (χ0v) is 11.4. The number of thiophene rings is 1. The average molecular weight is 280 g/mol. The molecule has 0 amide bonds. The first-order valence-corrected chi connectivity index (χ1v) is 7.89. The van der Waals surface area contributed by atoms with E-state index in [1.54, 1.807) is 36.6 Å². The topological polar surface area (TPSA) is 51.2 Å². The fourth-order valence-corrected chi connectivity index (χ4v) is 3.95. The van der Waals surface area contributed by atoms with Crippen molar-refractivity contribution in [2.24, 2.45) is 0 Å². The Labute approximate surface area is 110 Å². The monoisotopic (exact) mass is 280 g/mol. The molecule has 0 bridgehead atoms. The second kappa shape index (κ2) is 5.04. The Morgan fingerprint density at radius 2 is 1.89 bits per heavy atom. The standard InChI is InChI=1S/C13H12O3S2/c1-10-5-2-3-6-11(10)12(14)9-18(15,16)13-7-4-8-17-13/h2-8H,9H2,1H3. The highest BCUT2D eigenvalue weighted by molar-refractivity contribution is 7.94. The molecule has 1 aromatic carbocycles. The molecule has 0 saturated carbocycles. The molecule has 18 heavy (non-hydrogen) atoms. The van der Waals surface area contributed by atoms with E-state index in [2.05, 4.69) is 0 Å². The zero-order chi connectivity index (χ0) is 13.2. The lowest BCUT2D eigenvalue weighted by atomic mass is 10.1. The summed E-state index contributed by atoms with van der Waals surface area (Å²) in [6.45, 7) is 1.80. The van der Waals surface area contributed by atoms with Crippen LogP contribution in [0.3, 0.4) is 0 Å². The van der Waals surface area contributed by atoms with Gasteiger partial charge >= 0.3 is 0 Å². The first-order chi connectivity index (χ1) is 8.50. The number of sulfone groups is 1. The molecule has 5 heteroatoms. The minimum Gasteiger partial charge on any atom is -0.293 e. The third-order valence-corrected chi connectivity index (χ3v) is 5.67. The first kappa shape index (κ1) is 13.0. The van der Waals surface area contributed by atoms with Crippen LogP contribution in [-0.4, -0.2) is 20.0 Å². The highest BCUT2D eigenvalue weighted by Crippen LogP contribution is 2.19. The molecular formula is C13H12O3S2. The van der Waals surface area contributed by atoms with Gasteiger partial charge in [0, 0.05) is 5.56 Å². The normalized spacial score (nSPS) is 11.4. The molecule has 1 aromatic heterocycles. The molecule has 0 radical (unpaired) electrons. The third-order valence-electron chi connectivity index (χ3n) is 2.57. The number of rotatable bonds is 4. The Bertz CT molecular complexity index is 655. The highest BCUT2D eigenvalue weighted by atomic mass is 32.2. The molecule has 0 aliphatic carbocycles. The lowest BCUT2D eigenvalue weighted by Crippen LogP contribution is -2.16. The molecule has 94 valence electrons. The van der Waals surface area contributed by atoms with Gasteiger partial charge in [-0.1, -0.05) is 30.3 Å². The molecule has 2 rings (SSSR count). The van der Waals surface area contributed by atoms with Gasteiger partial charge < -0.3 is 0 Å². The van der Waals surface area contributed by atoms with Crippen molar-refractivity contribution in [1.29, 1.82) is 0 Å². The average Bonchev–Trinajstić information content (AvgIpc) is 2.82. The van der Waals surface area contributed by atoms with Gasteiger partial charge in [-0.25, -0.2) is 8.42 Å². The van der Waals surface area contributed by atoms with E-state index < -0.39 is 15.6 Å². The number of aryl methyl sites for hydroxylation is 1. The summed E-state index contributed by atoms with van der Waals surface area (Å²) in [4.78, 5) is 12.0. The summed E-state index contributed by atoms with van der Waals surface area (Å²) in [5, 5.41) is 1.69. The Morgan fingerprint density at radius 1 is 1.17 bits per heavy atom. The maximum absolute atomic E-state index is 12.0. The van der Waals surface area contributed by atoms with E-state index in [-0.39, 0.29) is 9.99 Å². The van der Waals surface area contributed by atoms with Gasteiger partial charge in [-0.3, -0.25) is 4.79 Å². The summed E-state index contributed by atoms with van der Waals surface area (Å²) in [5.74, 6) is -0.834. The van der Waals surface area contributed by atoms with E-state index in [4.69, 9.17) is 0 Å². The largest absolute Gasteiger partial charge is 0.293 e. The molecule has 0 spiro atoms. The van der Waals surface area contributed by atoms with Crippen LogP contribution in [0.4, 0.5) is 0 Å². The van der Waals surface area contributed by atoms with E-state index in [0.717, 1.165) is 16.9 Å². The van der Waals surface area contributed by atoms with E-state index in [0.29, 0.717) is 5.56 Å². The van der Waals surface area contributed by atoms with Crippen molar-refractivity contribution in [3.8, 4) is 0 Å². The number of hydrogen-bond acceptors (Lipinski definition) is 4. The lowest BCUT2D eigenvalue weighted by molar-refractivity contribution is 0.102. The maximum Gasteiger partial charge on any atom is 0.195 e. The van der Waals surface area contributed by atoms with Gasteiger partial charge in [-0.2, -0.15) is 0 Å². The summed E-state index contributed by atoms with van der Waals surface area (Å²) in [5.41, 5.74) is 1.27. The van der Waals surface area contributed by atoms with Crippen molar-refractivity contribution in [2.45, 2.75) is 11.1 Å². The summed E-state index contributed by atoms with van der Waals surface area (Å²) in [6.07, 6.45) is 0. The predicted octanol–water partition coefficient (Wildman–Crippen LogP) is 2.71. The third kappa shape index (κ3) is 2.68. The molecule has 0 atom stereocenters. The number of hydrogen-bond donors (Lipinski definition) is 0. The number of carbonyl (C=O) groups excluding carboxylic acids is 1. The summed E-state index contributed by atoms with van der Waals surface area (Å²) in [6, 6.07) is 10.2. The smallest absolute Gasteiger partial charge is 0.195 e. The van der Waals surface area contributed by atoms with Gasteiger partial charge in [0.2, 0.25) is 0 Å². The summed E-state index contributed by atoms with van der Waals surface area (Å²) in [7, 11) is -3.51. The first-order valence-electron chi connectivity index (χ1n) is 5.36. The zero-order valence-electron chi connectivity index (χ0n) is 9.79. The SMILES string of the molecule is Cc1ccccc1C(=O)CS(=O)(=O)c1cccs1. The van der Waals surface area contributed by atoms with E-state index >= 15 is 0 Å². The van der Waals surface area contributed by atoms with Gasteiger partial charge in [0.05, 0.1) is 0 Å². The van der Waals surface area contributed by atoms with Crippen LogP contribution in [0, 0.1) is 6.92 Å².